The van der Waals surface area contributed by atoms with Crippen LogP contribution in [0.25, 0.3) is 0 Å². The summed E-state index contributed by atoms with van der Waals surface area (Å²) in [7, 11) is 1.37. The van der Waals surface area contributed by atoms with Crippen molar-refractivity contribution in [1.29, 1.82) is 0 Å². The summed E-state index contributed by atoms with van der Waals surface area (Å²) >= 11 is 5.70. The number of carboxylic acid groups (broad SMARTS) is 1. The molecule has 6 heteroatoms. The molecule has 94 valence electrons. The molecule has 0 radical (unpaired) electrons. The lowest BCUT2D eigenvalue weighted by Gasteiger charge is -2.17. The molecule has 0 spiro atoms. The van der Waals surface area contributed by atoms with E-state index in [1.807, 2.05) is 0 Å². The Labute approximate surface area is 103 Å². The molecule has 0 aromatic heterocycles. The molecule has 0 aliphatic carbocycles. The van der Waals surface area contributed by atoms with E-state index in [9.17, 15) is 9.18 Å². The second-order valence-corrected chi connectivity index (χ2v) is 4.03. The van der Waals surface area contributed by atoms with Crippen molar-refractivity contribution >= 4 is 17.6 Å². The molecule has 0 amide bonds. The normalized spacial score (nSPS) is 12.3. The highest BCUT2D eigenvalue weighted by Crippen LogP contribution is 2.34. The van der Waals surface area contributed by atoms with Crippen molar-refractivity contribution in [2.24, 2.45) is 5.73 Å². The van der Waals surface area contributed by atoms with Gasteiger partial charge in [-0.1, -0.05) is 11.6 Å². The highest BCUT2D eigenvalue weighted by atomic mass is 35.5. The molecule has 1 atom stereocenters. The van der Waals surface area contributed by atoms with Crippen LogP contribution in [0.15, 0.2) is 6.07 Å². The first-order valence-corrected chi connectivity index (χ1v) is 5.26. The summed E-state index contributed by atoms with van der Waals surface area (Å²) in [5.74, 6) is -1.40. The summed E-state index contributed by atoms with van der Waals surface area (Å²) in [6.07, 6.45) is -0.280. The van der Waals surface area contributed by atoms with Gasteiger partial charge in [-0.3, -0.25) is 4.79 Å². The lowest BCUT2D eigenvalue weighted by atomic mass is 10.0. The molecule has 0 fully saturated rings. The molecule has 0 bridgehead atoms. The molecule has 0 saturated carbocycles. The summed E-state index contributed by atoms with van der Waals surface area (Å²) in [6, 6.07) is 0.510. The van der Waals surface area contributed by atoms with Gasteiger partial charge in [-0.2, -0.15) is 0 Å². The average molecular weight is 262 g/mol. The largest absolute Gasteiger partial charge is 0.496 e. The van der Waals surface area contributed by atoms with Gasteiger partial charge in [-0.15, -0.1) is 0 Å². The summed E-state index contributed by atoms with van der Waals surface area (Å²) in [5.41, 5.74) is 6.32. The standard InChI is InChI=1S/C11H13ClFNO3/c1-5-10(13)7(12)3-6(11(5)17-2)8(14)4-9(15)16/h3,8H,4,14H2,1-2H3,(H,15,16). The van der Waals surface area contributed by atoms with E-state index in [1.54, 1.807) is 0 Å². The number of carboxylic acids is 1. The third-order valence-electron chi connectivity index (χ3n) is 2.42. The van der Waals surface area contributed by atoms with Crippen LogP contribution in [0.2, 0.25) is 5.02 Å². The zero-order chi connectivity index (χ0) is 13.2. The van der Waals surface area contributed by atoms with Crippen LogP contribution in [-0.2, 0) is 4.79 Å². The Morgan fingerprint density at radius 3 is 2.76 bits per heavy atom. The third-order valence-corrected chi connectivity index (χ3v) is 2.70. The fraction of sp³-hybridized carbons (Fsp3) is 0.364. The van der Waals surface area contributed by atoms with E-state index < -0.39 is 17.8 Å². The van der Waals surface area contributed by atoms with Gasteiger partial charge >= 0.3 is 5.97 Å². The quantitative estimate of drug-likeness (QED) is 0.872. The number of ether oxygens (including phenoxy) is 1. The lowest BCUT2D eigenvalue weighted by molar-refractivity contribution is -0.137. The molecule has 1 aromatic carbocycles. The Bertz CT molecular complexity index is 451. The van der Waals surface area contributed by atoms with E-state index in [-0.39, 0.29) is 22.8 Å². The first-order valence-electron chi connectivity index (χ1n) is 4.88. The van der Waals surface area contributed by atoms with Gasteiger partial charge < -0.3 is 15.6 Å². The van der Waals surface area contributed by atoms with Gasteiger partial charge in [0.25, 0.3) is 0 Å². The van der Waals surface area contributed by atoms with E-state index in [4.69, 9.17) is 27.2 Å². The third kappa shape index (κ3) is 2.87. The van der Waals surface area contributed by atoms with E-state index in [2.05, 4.69) is 0 Å². The van der Waals surface area contributed by atoms with Crippen molar-refractivity contribution in [2.75, 3.05) is 7.11 Å². The second-order valence-electron chi connectivity index (χ2n) is 3.62. The summed E-state index contributed by atoms with van der Waals surface area (Å²) in [4.78, 5) is 10.6. The SMILES string of the molecule is COc1c(C(N)CC(=O)O)cc(Cl)c(F)c1C. The highest BCUT2D eigenvalue weighted by Gasteiger charge is 2.21. The minimum atomic E-state index is -1.04. The Balaban J connectivity index is 3.27. The van der Waals surface area contributed by atoms with Crippen LogP contribution in [0, 0.1) is 12.7 Å². The van der Waals surface area contributed by atoms with E-state index in [0.717, 1.165) is 0 Å². The number of aliphatic carboxylic acids is 1. The lowest BCUT2D eigenvalue weighted by Crippen LogP contribution is -2.16. The van der Waals surface area contributed by atoms with Crippen molar-refractivity contribution in [3.05, 3.63) is 28.0 Å². The molecule has 17 heavy (non-hydrogen) atoms. The van der Waals surface area contributed by atoms with Crippen molar-refractivity contribution in [3.8, 4) is 5.75 Å². The number of nitrogens with two attached hydrogens (primary N) is 1. The molecule has 1 aromatic rings. The molecule has 0 aliphatic rings. The molecule has 4 nitrogen and oxygen atoms in total. The number of hydrogen-bond acceptors (Lipinski definition) is 3. The van der Waals surface area contributed by atoms with Gasteiger partial charge in [0, 0.05) is 17.2 Å². The summed E-state index contributed by atoms with van der Waals surface area (Å²) < 4.78 is 18.6. The Hall–Kier alpha value is -1.33. The first-order chi connectivity index (χ1) is 7.88. The van der Waals surface area contributed by atoms with Gasteiger partial charge in [0.2, 0.25) is 0 Å². The van der Waals surface area contributed by atoms with Crippen LogP contribution in [0.3, 0.4) is 0 Å². The van der Waals surface area contributed by atoms with Gasteiger partial charge in [0.05, 0.1) is 18.6 Å². The van der Waals surface area contributed by atoms with Crippen LogP contribution in [0.4, 0.5) is 4.39 Å². The maximum Gasteiger partial charge on any atom is 0.305 e. The Morgan fingerprint density at radius 2 is 2.29 bits per heavy atom. The minimum Gasteiger partial charge on any atom is -0.496 e. The van der Waals surface area contributed by atoms with Crippen LogP contribution < -0.4 is 10.5 Å². The van der Waals surface area contributed by atoms with Gasteiger partial charge in [-0.05, 0) is 13.0 Å². The van der Waals surface area contributed by atoms with Crippen LogP contribution in [0.1, 0.15) is 23.6 Å². The minimum absolute atomic E-state index is 0.0980. The fourth-order valence-electron chi connectivity index (χ4n) is 1.61. The van der Waals surface area contributed by atoms with Crippen molar-refractivity contribution < 1.29 is 19.0 Å². The topological polar surface area (TPSA) is 72.5 Å². The van der Waals surface area contributed by atoms with Crippen molar-refractivity contribution in [3.63, 3.8) is 0 Å². The molecule has 0 saturated heterocycles. The zero-order valence-electron chi connectivity index (χ0n) is 9.46. The van der Waals surface area contributed by atoms with Crippen LogP contribution in [-0.4, -0.2) is 18.2 Å². The number of hydrogen-bond donors (Lipinski definition) is 2. The maximum atomic E-state index is 13.5. The Kier molecular flexibility index (Phi) is 4.31. The van der Waals surface area contributed by atoms with E-state index >= 15 is 0 Å². The number of rotatable bonds is 4. The molecular weight excluding hydrogens is 249 g/mol. The maximum absolute atomic E-state index is 13.5. The predicted molar refractivity (Wildman–Crippen MR) is 61.9 cm³/mol. The zero-order valence-corrected chi connectivity index (χ0v) is 10.2. The van der Waals surface area contributed by atoms with E-state index in [1.165, 1.54) is 20.1 Å². The van der Waals surface area contributed by atoms with Crippen LogP contribution >= 0.6 is 11.6 Å². The average Bonchev–Trinajstić information content (AvgIpc) is 2.24. The molecule has 1 rings (SSSR count). The summed E-state index contributed by atoms with van der Waals surface area (Å²) in [5, 5.41) is 8.58. The van der Waals surface area contributed by atoms with Crippen molar-refractivity contribution in [1.82, 2.24) is 0 Å². The number of benzene rings is 1. The number of halogens is 2. The van der Waals surface area contributed by atoms with Crippen LogP contribution in [0.5, 0.6) is 5.75 Å². The Morgan fingerprint density at radius 1 is 1.71 bits per heavy atom. The molecular formula is C11H13ClFNO3. The molecule has 1 unspecified atom stereocenters. The molecule has 3 N–H and O–H groups in total. The predicted octanol–water partition coefficient (Wildman–Crippen LogP) is 2.27. The second kappa shape index (κ2) is 5.33. The van der Waals surface area contributed by atoms with Gasteiger partial charge in [-0.25, -0.2) is 4.39 Å². The molecule has 0 heterocycles. The van der Waals surface area contributed by atoms with E-state index in [0.29, 0.717) is 5.56 Å². The number of methoxy groups -OCH3 is 1. The summed E-state index contributed by atoms with van der Waals surface area (Å²) in [6.45, 7) is 1.50. The smallest absolute Gasteiger partial charge is 0.305 e. The number of carbonyl (C=O) groups is 1. The van der Waals surface area contributed by atoms with Gasteiger partial charge in [0.1, 0.15) is 11.6 Å². The first kappa shape index (κ1) is 13.7. The fourth-order valence-corrected chi connectivity index (χ4v) is 1.86. The monoisotopic (exact) mass is 261 g/mol. The molecule has 0 aliphatic heterocycles. The van der Waals surface area contributed by atoms with Gasteiger partial charge in [0.15, 0.2) is 0 Å². The highest BCUT2D eigenvalue weighted by molar-refractivity contribution is 6.31. The van der Waals surface area contributed by atoms with Crippen molar-refractivity contribution in [2.45, 2.75) is 19.4 Å².